The average Bonchev–Trinajstić information content (AvgIpc) is 3.14. The molecule has 0 unspecified atom stereocenters. The lowest BCUT2D eigenvalue weighted by Gasteiger charge is -2.04. The van der Waals surface area contributed by atoms with Crippen LogP contribution >= 0.6 is 11.8 Å². The van der Waals surface area contributed by atoms with Gasteiger partial charge in [0, 0.05) is 12.6 Å². The number of rotatable bonds is 5. The summed E-state index contributed by atoms with van der Waals surface area (Å²) in [5.74, 6) is 0.826. The Bertz CT molecular complexity index is 897. The zero-order chi connectivity index (χ0) is 18.0. The van der Waals surface area contributed by atoms with Crippen molar-refractivity contribution in [3.63, 3.8) is 0 Å². The number of thioether (sulfide) groups is 1. The summed E-state index contributed by atoms with van der Waals surface area (Å²) in [5.41, 5.74) is 4.66. The zero-order valence-electron chi connectivity index (χ0n) is 14.6. The number of anilines is 1. The van der Waals surface area contributed by atoms with Gasteiger partial charge < -0.3 is 5.32 Å². The van der Waals surface area contributed by atoms with E-state index in [1.165, 1.54) is 17.3 Å². The molecule has 0 bridgehead atoms. The van der Waals surface area contributed by atoms with Gasteiger partial charge in [0.1, 0.15) is 0 Å². The molecule has 2 N–H and O–H groups in total. The summed E-state index contributed by atoms with van der Waals surface area (Å²) < 4.78 is 1.75. The number of carbonyl (C=O) groups is 1. The van der Waals surface area contributed by atoms with Crippen LogP contribution in [-0.4, -0.2) is 36.6 Å². The predicted octanol–water partition coefficient (Wildman–Crippen LogP) is 2.86. The minimum atomic E-state index is -0.106. The molecule has 25 heavy (non-hydrogen) atoms. The lowest BCUT2D eigenvalue weighted by atomic mass is 10.1. The van der Waals surface area contributed by atoms with Crippen LogP contribution in [0.5, 0.6) is 0 Å². The lowest BCUT2D eigenvalue weighted by molar-refractivity contribution is -0.113. The number of benzene rings is 1. The van der Waals surface area contributed by atoms with Crippen molar-refractivity contribution in [1.82, 2.24) is 25.0 Å². The van der Waals surface area contributed by atoms with Crippen molar-refractivity contribution in [2.75, 3.05) is 11.1 Å². The molecule has 0 aliphatic carbocycles. The monoisotopic (exact) mass is 356 g/mol. The Morgan fingerprint density at radius 1 is 1.24 bits per heavy atom. The molecule has 1 aromatic carbocycles. The molecule has 0 radical (unpaired) electrons. The van der Waals surface area contributed by atoms with E-state index < -0.39 is 0 Å². The van der Waals surface area contributed by atoms with E-state index >= 15 is 0 Å². The molecule has 2 heterocycles. The summed E-state index contributed by atoms with van der Waals surface area (Å²) in [6.07, 6.45) is 0. The van der Waals surface area contributed by atoms with Crippen molar-refractivity contribution >= 4 is 23.4 Å². The predicted molar refractivity (Wildman–Crippen MR) is 98.6 cm³/mol. The van der Waals surface area contributed by atoms with Crippen molar-refractivity contribution in [3.8, 4) is 11.4 Å². The number of hydrogen-bond donors (Lipinski definition) is 2. The first-order valence-electron chi connectivity index (χ1n) is 7.86. The van der Waals surface area contributed by atoms with Crippen LogP contribution in [0.3, 0.4) is 0 Å². The molecule has 8 heteroatoms. The fourth-order valence-electron chi connectivity index (χ4n) is 2.41. The zero-order valence-corrected chi connectivity index (χ0v) is 15.4. The maximum Gasteiger partial charge on any atom is 0.234 e. The highest BCUT2D eigenvalue weighted by atomic mass is 32.2. The number of hydrogen-bond acceptors (Lipinski definition) is 5. The van der Waals surface area contributed by atoms with E-state index in [2.05, 4.69) is 25.6 Å². The van der Waals surface area contributed by atoms with Crippen molar-refractivity contribution in [1.29, 1.82) is 0 Å². The van der Waals surface area contributed by atoms with Crippen LogP contribution in [0.15, 0.2) is 29.4 Å². The second kappa shape index (κ2) is 7.10. The maximum absolute atomic E-state index is 12.2. The lowest BCUT2D eigenvalue weighted by Crippen LogP contribution is -2.15. The van der Waals surface area contributed by atoms with E-state index in [0.29, 0.717) is 11.0 Å². The fraction of sp³-hybridized carbons (Fsp3) is 0.294. The van der Waals surface area contributed by atoms with Gasteiger partial charge in [0.15, 0.2) is 5.82 Å². The van der Waals surface area contributed by atoms with Gasteiger partial charge in [0.25, 0.3) is 0 Å². The first kappa shape index (κ1) is 17.2. The van der Waals surface area contributed by atoms with Gasteiger partial charge in [-0.15, -0.1) is 5.10 Å². The van der Waals surface area contributed by atoms with Gasteiger partial charge in [-0.25, -0.2) is 4.98 Å². The Hall–Kier alpha value is -2.61. The fourth-order valence-corrected chi connectivity index (χ4v) is 3.01. The summed E-state index contributed by atoms with van der Waals surface area (Å²) in [7, 11) is 1.85. The number of nitrogens with one attached hydrogen (secondary N) is 2. The third-order valence-corrected chi connectivity index (χ3v) is 4.74. The van der Waals surface area contributed by atoms with E-state index in [1.807, 2.05) is 52.1 Å². The van der Waals surface area contributed by atoms with Gasteiger partial charge in [0.05, 0.1) is 22.8 Å². The molecule has 130 valence electrons. The Balaban J connectivity index is 1.60. The normalized spacial score (nSPS) is 10.9. The van der Waals surface area contributed by atoms with Crippen LogP contribution in [0.2, 0.25) is 0 Å². The Morgan fingerprint density at radius 2 is 1.96 bits per heavy atom. The minimum Gasteiger partial charge on any atom is -0.322 e. The molecule has 3 aromatic rings. The third-order valence-electron chi connectivity index (χ3n) is 3.90. The third kappa shape index (κ3) is 3.90. The second-order valence-corrected chi connectivity index (χ2v) is 6.78. The molecule has 0 aliphatic rings. The highest BCUT2D eigenvalue weighted by molar-refractivity contribution is 7.99. The van der Waals surface area contributed by atoms with Crippen LogP contribution < -0.4 is 5.32 Å². The summed E-state index contributed by atoms with van der Waals surface area (Å²) in [5, 5.41) is 14.8. The number of amides is 1. The maximum atomic E-state index is 12.2. The summed E-state index contributed by atoms with van der Waals surface area (Å²) in [6, 6.07) is 8.03. The van der Waals surface area contributed by atoms with E-state index in [1.54, 1.807) is 4.68 Å². The minimum absolute atomic E-state index is 0.106. The quantitative estimate of drug-likeness (QED) is 0.686. The number of H-pyrrole nitrogens is 1. The number of aryl methyl sites for hydroxylation is 3. The molecule has 0 saturated carbocycles. The molecular weight excluding hydrogens is 336 g/mol. The molecule has 0 spiro atoms. The van der Waals surface area contributed by atoms with E-state index in [9.17, 15) is 4.79 Å². The second-order valence-electron chi connectivity index (χ2n) is 5.84. The highest BCUT2D eigenvalue weighted by Gasteiger charge is 2.14. The van der Waals surface area contributed by atoms with Crippen molar-refractivity contribution < 1.29 is 4.79 Å². The van der Waals surface area contributed by atoms with Crippen LogP contribution in [0.1, 0.15) is 17.0 Å². The molecule has 0 fully saturated rings. The molecular formula is C17H20N6OS. The van der Waals surface area contributed by atoms with Crippen LogP contribution in [0.25, 0.3) is 11.4 Å². The molecule has 7 nitrogen and oxygen atoms in total. The summed E-state index contributed by atoms with van der Waals surface area (Å²) >= 11 is 1.29. The van der Waals surface area contributed by atoms with Crippen LogP contribution in [0.4, 0.5) is 5.69 Å². The largest absolute Gasteiger partial charge is 0.322 e. The number of carbonyl (C=O) groups excluding carboxylic acids is 1. The summed E-state index contributed by atoms with van der Waals surface area (Å²) in [4.78, 5) is 16.6. The average molecular weight is 356 g/mol. The van der Waals surface area contributed by atoms with Crippen molar-refractivity contribution in [3.05, 3.63) is 41.2 Å². The van der Waals surface area contributed by atoms with Crippen LogP contribution in [0, 0.1) is 20.8 Å². The molecule has 3 rings (SSSR count). The highest BCUT2D eigenvalue weighted by Crippen LogP contribution is 2.21. The number of nitrogens with zero attached hydrogens (tertiary/aromatic N) is 4. The summed E-state index contributed by atoms with van der Waals surface area (Å²) in [6.45, 7) is 5.83. The van der Waals surface area contributed by atoms with E-state index in [0.717, 1.165) is 22.6 Å². The van der Waals surface area contributed by atoms with Crippen molar-refractivity contribution in [2.45, 2.75) is 25.9 Å². The van der Waals surface area contributed by atoms with E-state index in [4.69, 9.17) is 0 Å². The van der Waals surface area contributed by atoms with E-state index in [-0.39, 0.29) is 11.7 Å². The Kier molecular flexibility index (Phi) is 4.89. The molecule has 1 amide bonds. The van der Waals surface area contributed by atoms with Crippen LogP contribution in [-0.2, 0) is 11.8 Å². The first-order valence-corrected chi connectivity index (χ1v) is 8.85. The Labute approximate surface area is 150 Å². The van der Waals surface area contributed by atoms with Gasteiger partial charge in [-0.05, 0) is 20.8 Å². The molecule has 2 aromatic heterocycles. The number of aromatic amines is 1. The smallest absolute Gasteiger partial charge is 0.234 e. The van der Waals surface area contributed by atoms with Gasteiger partial charge in [-0.1, -0.05) is 41.6 Å². The van der Waals surface area contributed by atoms with Gasteiger partial charge >= 0.3 is 0 Å². The first-order chi connectivity index (χ1) is 11.9. The molecule has 0 aliphatic heterocycles. The van der Waals surface area contributed by atoms with Gasteiger partial charge in [-0.3, -0.25) is 14.6 Å². The Morgan fingerprint density at radius 3 is 2.60 bits per heavy atom. The SMILES string of the molecule is Cc1ccc(-c2nc(SCC(=O)Nc3c(C)nn(C)c3C)n[nH]2)cc1. The van der Waals surface area contributed by atoms with Gasteiger partial charge in [-0.2, -0.15) is 5.10 Å². The van der Waals surface area contributed by atoms with Gasteiger partial charge in [0.2, 0.25) is 11.1 Å². The number of aromatic nitrogens is 5. The van der Waals surface area contributed by atoms with Crippen molar-refractivity contribution in [2.24, 2.45) is 7.05 Å². The molecule has 0 atom stereocenters. The topological polar surface area (TPSA) is 88.5 Å². The standard InChI is InChI=1S/C17H20N6OS/c1-10-5-7-13(8-6-10)16-19-17(21-20-16)25-9-14(24)18-15-11(2)22-23(4)12(15)3/h5-8H,9H2,1-4H3,(H,18,24)(H,19,20,21). The molecule has 0 saturated heterocycles.